The van der Waals surface area contributed by atoms with E-state index in [1.54, 1.807) is 13.8 Å². The number of esters is 1. The maximum Gasteiger partial charge on any atom is 0.352 e. The third-order valence-corrected chi connectivity index (χ3v) is 5.37. The van der Waals surface area contributed by atoms with Crippen molar-refractivity contribution in [2.24, 2.45) is 5.92 Å². The minimum Gasteiger partial charge on any atom is -0.477 e. The van der Waals surface area contributed by atoms with E-state index in [1.165, 1.54) is 12.1 Å². The smallest absolute Gasteiger partial charge is 0.352 e. The van der Waals surface area contributed by atoms with Crippen LogP contribution in [0.2, 0.25) is 0 Å². The normalized spacial score (nSPS) is 12.5. The molecule has 3 aromatic rings. The maximum atomic E-state index is 12.7. The molecule has 7 heteroatoms. The molecule has 1 heterocycles. The number of ether oxygens (including phenoxy) is 1. The van der Waals surface area contributed by atoms with E-state index in [0.717, 1.165) is 16.7 Å². The highest BCUT2D eigenvalue weighted by atomic mass is 16.5. The largest absolute Gasteiger partial charge is 0.477 e. The highest BCUT2D eigenvalue weighted by Gasteiger charge is 2.23. The Morgan fingerprint density at radius 1 is 0.939 bits per heavy atom. The van der Waals surface area contributed by atoms with Gasteiger partial charge in [0.25, 0.3) is 5.91 Å². The van der Waals surface area contributed by atoms with E-state index in [9.17, 15) is 14.4 Å². The van der Waals surface area contributed by atoms with Gasteiger partial charge in [-0.25, -0.2) is 4.79 Å². The molecule has 0 bridgehead atoms. The molecule has 3 rings (SSSR count). The Hall–Kier alpha value is -3.87. The van der Waals surface area contributed by atoms with Gasteiger partial charge in [0, 0.05) is 6.04 Å². The van der Waals surface area contributed by atoms with Crippen LogP contribution in [0.5, 0.6) is 0 Å². The third kappa shape index (κ3) is 6.55. The van der Waals surface area contributed by atoms with Gasteiger partial charge in [0.15, 0.2) is 0 Å². The minimum absolute atomic E-state index is 0.0620. The molecule has 0 radical (unpaired) electrons. The SMILES string of the molecule is CCOC(=O)[C@H](C)C[C@@H](Cc1ccc(-c2ccccc2)cc1)NC(=O)c1ccc(C(=O)O)[nH]1. The number of benzene rings is 2. The molecule has 0 aliphatic heterocycles. The Kier molecular flexibility index (Phi) is 8.02. The van der Waals surface area contributed by atoms with E-state index in [2.05, 4.69) is 10.3 Å². The first-order chi connectivity index (χ1) is 15.9. The molecule has 1 aromatic heterocycles. The van der Waals surface area contributed by atoms with E-state index in [1.807, 2.05) is 54.6 Å². The Balaban J connectivity index is 1.75. The lowest BCUT2D eigenvalue weighted by Crippen LogP contribution is -2.39. The van der Waals surface area contributed by atoms with Gasteiger partial charge in [-0.1, -0.05) is 61.5 Å². The molecule has 172 valence electrons. The molecular formula is C26H28N2O5. The highest BCUT2D eigenvalue weighted by molar-refractivity contribution is 5.95. The standard InChI is InChI=1S/C26H28N2O5/c1-3-33-26(32)17(2)15-21(27-24(29)22-13-14-23(28-22)25(30)31)16-18-9-11-20(12-10-18)19-7-5-4-6-8-19/h4-14,17,21,28H,3,15-16H2,1-2H3,(H,27,29)(H,30,31)/t17-,21+/m1/s1. The number of aromatic nitrogens is 1. The number of rotatable bonds is 10. The maximum absolute atomic E-state index is 12.7. The molecule has 2 atom stereocenters. The van der Waals surface area contributed by atoms with E-state index < -0.39 is 17.8 Å². The van der Waals surface area contributed by atoms with Crippen LogP contribution < -0.4 is 5.32 Å². The molecule has 0 unspecified atom stereocenters. The number of H-pyrrole nitrogens is 1. The molecule has 0 aliphatic carbocycles. The summed E-state index contributed by atoms with van der Waals surface area (Å²) in [4.78, 5) is 38.6. The van der Waals surface area contributed by atoms with E-state index in [-0.39, 0.29) is 23.4 Å². The number of carboxylic acid groups (broad SMARTS) is 1. The number of carboxylic acids is 1. The number of aromatic carboxylic acids is 1. The zero-order chi connectivity index (χ0) is 23.8. The van der Waals surface area contributed by atoms with Crippen molar-refractivity contribution in [2.45, 2.75) is 32.7 Å². The number of hydrogen-bond acceptors (Lipinski definition) is 4. The molecule has 0 spiro atoms. The molecular weight excluding hydrogens is 420 g/mol. The second-order valence-corrected chi connectivity index (χ2v) is 7.92. The van der Waals surface area contributed by atoms with Gasteiger partial charge in [-0.2, -0.15) is 0 Å². The monoisotopic (exact) mass is 448 g/mol. The molecule has 7 nitrogen and oxygen atoms in total. The summed E-state index contributed by atoms with van der Waals surface area (Å²) in [6.45, 7) is 3.82. The lowest BCUT2D eigenvalue weighted by atomic mass is 9.94. The third-order valence-electron chi connectivity index (χ3n) is 5.37. The van der Waals surface area contributed by atoms with Gasteiger partial charge in [-0.3, -0.25) is 9.59 Å². The molecule has 0 fully saturated rings. The van der Waals surface area contributed by atoms with Gasteiger partial charge in [-0.15, -0.1) is 0 Å². The summed E-state index contributed by atoms with van der Waals surface area (Å²) >= 11 is 0. The van der Waals surface area contributed by atoms with Crippen LogP contribution in [-0.2, 0) is 16.0 Å². The van der Waals surface area contributed by atoms with Gasteiger partial charge >= 0.3 is 11.9 Å². The molecule has 1 amide bonds. The zero-order valence-corrected chi connectivity index (χ0v) is 18.7. The predicted molar refractivity (Wildman–Crippen MR) is 125 cm³/mol. The summed E-state index contributed by atoms with van der Waals surface area (Å²) in [7, 11) is 0. The second kappa shape index (κ2) is 11.1. The molecule has 0 saturated carbocycles. The second-order valence-electron chi connectivity index (χ2n) is 7.92. The highest BCUT2D eigenvalue weighted by Crippen LogP contribution is 2.21. The minimum atomic E-state index is -1.14. The fraction of sp³-hybridized carbons (Fsp3) is 0.269. The van der Waals surface area contributed by atoms with Gasteiger partial charge in [0.1, 0.15) is 11.4 Å². The summed E-state index contributed by atoms with van der Waals surface area (Å²) < 4.78 is 5.12. The number of hydrogen-bond donors (Lipinski definition) is 3. The van der Waals surface area contributed by atoms with Crippen LogP contribution in [-0.4, -0.2) is 40.6 Å². The topological polar surface area (TPSA) is 108 Å². The van der Waals surface area contributed by atoms with Gasteiger partial charge in [0.05, 0.1) is 12.5 Å². The Labute approximate surface area is 192 Å². The molecule has 2 aromatic carbocycles. The van der Waals surface area contributed by atoms with E-state index in [4.69, 9.17) is 9.84 Å². The number of carbonyl (C=O) groups is 3. The van der Waals surface area contributed by atoms with Crippen LogP contribution in [0.4, 0.5) is 0 Å². The summed E-state index contributed by atoms with van der Waals surface area (Å²) in [6, 6.07) is 20.5. The fourth-order valence-corrected chi connectivity index (χ4v) is 3.66. The van der Waals surface area contributed by atoms with Gasteiger partial charge in [0.2, 0.25) is 0 Å². The molecule has 33 heavy (non-hydrogen) atoms. The Bertz CT molecular complexity index is 1090. The van der Waals surface area contributed by atoms with Crippen molar-refractivity contribution >= 4 is 17.8 Å². The fourth-order valence-electron chi connectivity index (χ4n) is 3.66. The quantitative estimate of drug-likeness (QED) is 0.401. The van der Waals surface area contributed by atoms with Crippen LogP contribution in [0.25, 0.3) is 11.1 Å². The first-order valence-corrected chi connectivity index (χ1v) is 10.9. The summed E-state index contributed by atoms with van der Waals surface area (Å²) in [5, 5.41) is 12.0. The molecule has 0 aliphatic rings. The van der Waals surface area contributed by atoms with Crippen LogP contribution in [0, 0.1) is 5.92 Å². The lowest BCUT2D eigenvalue weighted by molar-refractivity contribution is -0.147. The van der Waals surface area contributed by atoms with E-state index >= 15 is 0 Å². The van der Waals surface area contributed by atoms with Crippen molar-refractivity contribution < 1.29 is 24.2 Å². The van der Waals surface area contributed by atoms with Crippen molar-refractivity contribution in [2.75, 3.05) is 6.61 Å². The number of nitrogens with one attached hydrogen (secondary N) is 2. The number of amides is 1. The van der Waals surface area contributed by atoms with Crippen LogP contribution in [0.3, 0.4) is 0 Å². The van der Waals surface area contributed by atoms with Gasteiger partial charge < -0.3 is 20.1 Å². The average Bonchev–Trinajstić information content (AvgIpc) is 3.31. The number of aromatic amines is 1. The molecule has 3 N–H and O–H groups in total. The summed E-state index contributed by atoms with van der Waals surface area (Å²) in [6.07, 6.45) is 0.897. The van der Waals surface area contributed by atoms with Crippen LogP contribution in [0.1, 0.15) is 46.8 Å². The zero-order valence-electron chi connectivity index (χ0n) is 18.7. The Morgan fingerprint density at radius 3 is 2.18 bits per heavy atom. The van der Waals surface area contributed by atoms with E-state index in [0.29, 0.717) is 19.4 Å². The van der Waals surface area contributed by atoms with Crippen molar-refractivity contribution in [1.82, 2.24) is 10.3 Å². The lowest BCUT2D eigenvalue weighted by Gasteiger charge is -2.22. The number of carbonyl (C=O) groups excluding carboxylic acids is 2. The first kappa shape index (κ1) is 23.8. The van der Waals surface area contributed by atoms with Crippen molar-refractivity contribution in [3.8, 4) is 11.1 Å². The Morgan fingerprint density at radius 2 is 1.58 bits per heavy atom. The summed E-state index contributed by atoms with van der Waals surface area (Å²) in [5.74, 6) is -2.29. The van der Waals surface area contributed by atoms with Gasteiger partial charge in [-0.05, 0) is 48.6 Å². The average molecular weight is 449 g/mol. The van der Waals surface area contributed by atoms with Crippen molar-refractivity contribution in [3.05, 3.63) is 83.7 Å². The predicted octanol–water partition coefficient (Wildman–Crippen LogP) is 4.31. The van der Waals surface area contributed by atoms with Crippen LogP contribution in [0.15, 0.2) is 66.7 Å². The summed E-state index contributed by atoms with van der Waals surface area (Å²) in [5.41, 5.74) is 3.31. The molecule has 0 saturated heterocycles. The first-order valence-electron chi connectivity index (χ1n) is 10.9. The van der Waals surface area contributed by atoms with Crippen LogP contribution >= 0.6 is 0 Å². The van der Waals surface area contributed by atoms with Crippen molar-refractivity contribution in [1.29, 1.82) is 0 Å². The van der Waals surface area contributed by atoms with Crippen molar-refractivity contribution in [3.63, 3.8) is 0 Å².